The van der Waals surface area contributed by atoms with Crippen molar-refractivity contribution in [3.05, 3.63) is 0 Å². The van der Waals surface area contributed by atoms with E-state index >= 15 is 0 Å². The summed E-state index contributed by atoms with van der Waals surface area (Å²) in [6.07, 6.45) is 0. The van der Waals surface area contributed by atoms with Crippen LogP contribution < -0.4 is 0 Å². The third-order valence-corrected chi connectivity index (χ3v) is 5.12. The normalized spacial score (nSPS) is 25.3. The van der Waals surface area contributed by atoms with Crippen molar-refractivity contribution in [2.45, 2.75) is 54.1 Å². The van der Waals surface area contributed by atoms with Crippen LogP contribution in [0.2, 0.25) is 0 Å². The van der Waals surface area contributed by atoms with E-state index in [1.165, 1.54) is 0 Å². The topological polar surface area (TPSA) is 9.23 Å². The summed E-state index contributed by atoms with van der Waals surface area (Å²) in [5, 5.41) is 0. The zero-order valence-corrected chi connectivity index (χ0v) is 11.4. The molecular formula is C14H24O. The first kappa shape index (κ1) is 12.6. The summed E-state index contributed by atoms with van der Waals surface area (Å²) in [5.41, 5.74) is 0.348. The molecular weight excluding hydrogens is 184 g/mol. The highest BCUT2D eigenvalue weighted by atomic mass is 16.5. The standard InChI is InChI=1S/C14H24O/c1-11(2,15-8)9-10-14(7)12(3,4)13(14,5)6/h1-8H3. The largest absolute Gasteiger partial charge is 0.366 e. The van der Waals surface area contributed by atoms with Gasteiger partial charge < -0.3 is 4.74 Å². The molecule has 0 aliphatic heterocycles. The number of rotatable bonds is 1. The Labute approximate surface area is 94.6 Å². The van der Waals surface area contributed by atoms with E-state index in [2.05, 4.69) is 46.5 Å². The average molecular weight is 208 g/mol. The van der Waals surface area contributed by atoms with Crippen molar-refractivity contribution in [3.8, 4) is 11.8 Å². The first-order valence-corrected chi connectivity index (χ1v) is 5.61. The van der Waals surface area contributed by atoms with Crippen molar-refractivity contribution in [2.75, 3.05) is 7.11 Å². The molecule has 0 unspecified atom stereocenters. The van der Waals surface area contributed by atoms with E-state index in [1.54, 1.807) is 7.11 Å². The zero-order valence-electron chi connectivity index (χ0n) is 11.4. The molecule has 0 spiro atoms. The molecule has 0 N–H and O–H groups in total. The maximum atomic E-state index is 5.32. The third kappa shape index (κ3) is 1.51. The van der Waals surface area contributed by atoms with Gasteiger partial charge in [-0.15, -0.1) is 0 Å². The van der Waals surface area contributed by atoms with Crippen LogP contribution >= 0.6 is 0 Å². The summed E-state index contributed by atoms with van der Waals surface area (Å²) in [6.45, 7) is 15.4. The molecule has 0 heterocycles. The lowest BCUT2D eigenvalue weighted by Crippen LogP contribution is -2.20. The van der Waals surface area contributed by atoms with Crippen LogP contribution in [0.3, 0.4) is 0 Å². The Kier molecular flexibility index (Phi) is 2.53. The van der Waals surface area contributed by atoms with Gasteiger partial charge in [0.2, 0.25) is 0 Å². The number of ether oxygens (including phenoxy) is 1. The number of hydrogen-bond donors (Lipinski definition) is 0. The first-order chi connectivity index (χ1) is 6.52. The van der Waals surface area contributed by atoms with Gasteiger partial charge in [-0.05, 0) is 31.6 Å². The number of methoxy groups -OCH3 is 1. The van der Waals surface area contributed by atoms with E-state index in [-0.39, 0.29) is 21.8 Å². The molecule has 0 radical (unpaired) electrons. The molecule has 0 saturated heterocycles. The van der Waals surface area contributed by atoms with Crippen molar-refractivity contribution in [1.29, 1.82) is 0 Å². The minimum Gasteiger partial charge on any atom is -0.366 e. The van der Waals surface area contributed by atoms with Gasteiger partial charge in [0.05, 0.1) is 0 Å². The lowest BCUT2D eigenvalue weighted by Gasteiger charge is -2.16. The van der Waals surface area contributed by atoms with E-state index < -0.39 is 0 Å². The van der Waals surface area contributed by atoms with Gasteiger partial charge in [-0.1, -0.05) is 39.5 Å². The van der Waals surface area contributed by atoms with Gasteiger partial charge in [-0.3, -0.25) is 0 Å². The van der Waals surface area contributed by atoms with Gasteiger partial charge in [0.1, 0.15) is 5.60 Å². The van der Waals surface area contributed by atoms with Crippen LogP contribution in [0.25, 0.3) is 0 Å². The lowest BCUT2D eigenvalue weighted by molar-refractivity contribution is 0.0739. The predicted octanol–water partition coefficient (Wildman–Crippen LogP) is 3.49. The summed E-state index contributed by atoms with van der Waals surface area (Å²) in [6, 6.07) is 0. The molecule has 1 saturated carbocycles. The summed E-state index contributed by atoms with van der Waals surface area (Å²) in [7, 11) is 1.71. The molecule has 0 bridgehead atoms. The van der Waals surface area contributed by atoms with Gasteiger partial charge in [0.25, 0.3) is 0 Å². The van der Waals surface area contributed by atoms with E-state index in [9.17, 15) is 0 Å². The van der Waals surface area contributed by atoms with Gasteiger partial charge in [-0.2, -0.15) is 0 Å². The molecule has 1 heteroatoms. The molecule has 0 amide bonds. The van der Waals surface area contributed by atoms with Crippen LogP contribution in [0.5, 0.6) is 0 Å². The molecule has 0 atom stereocenters. The van der Waals surface area contributed by atoms with Crippen LogP contribution in [0.4, 0.5) is 0 Å². The second-order valence-corrected chi connectivity index (χ2v) is 6.34. The van der Waals surface area contributed by atoms with Crippen molar-refractivity contribution in [3.63, 3.8) is 0 Å². The maximum Gasteiger partial charge on any atom is 0.122 e. The Balaban J connectivity index is 2.96. The number of hydrogen-bond acceptors (Lipinski definition) is 1. The van der Waals surface area contributed by atoms with Crippen LogP contribution in [0.1, 0.15) is 48.5 Å². The summed E-state index contributed by atoms with van der Waals surface area (Å²) >= 11 is 0. The Bertz CT molecular complexity index is 309. The second-order valence-electron chi connectivity index (χ2n) is 6.34. The monoisotopic (exact) mass is 208 g/mol. The Morgan fingerprint density at radius 1 is 0.933 bits per heavy atom. The maximum absolute atomic E-state index is 5.32. The zero-order chi connectivity index (χ0) is 12.1. The van der Waals surface area contributed by atoms with Crippen molar-refractivity contribution in [1.82, 2.24) is 0 Å². The fourth-order valence-electron chi connectivity index (χ4n) is 2.23. The van der Waals surface area contributed by atoms with E-state index in [0.717, 1.165) is 0 Å². The van der Waals surface area contributed by atoms with Crippen LogP contribution in [-0.2, 0) is 4.74 Å². The molecule has 0 aromatic carbocycles. The molecule has 1 fully saturated rings. The molecule has 86 valence electrons. The SMILES string of the molecule is COC(C)(C)C#CC1(C)C(C)(C)C1(C)C. The molecule has 1 aliphatic carbocycles. The Hall–Kier alpha value is -0.480. The van der Waals surface area contributed by atoms with E-state index in [4.69, 9.17) is 4.74 Å². The molecule has 1 nitrogen and oxygen atoms in total. The first-order valence-electron chi connectivity index (χ1n) is 5.61. The molecule has 1 rings (SSSR count). The summed E-state index contributed by atoms with van der Waals surface area (Å²) < 4.78 is 5.32. The molecule has 15 heavy (non-hydrogen) atoms. The smallest absolute Gasteiger partial charge is 0.122 e. The van der Waals surface area contributed by atoms with Gasteiger partial charge in [-0.25, -0.2) is 0 Å². The predicted molar refractivity (Wildman–Crippen MR) is 64.5 cm³/mol. The molecule has 0 aromatic heterocycles. The molecule has 0 aromatic rings. The van der Waals surface area contributed by atoms with Crippen molar-refractivity contribution < 1.29 is 4.74 Å². The van der Waals surface area contributed by atoms with Gasteiger partial charge in [0.15, 0.2) is 0 Å². The minimum atomic E-state index is -0.336. The second kappa shape index (κ2) is 3.01. The fraction of sp³-hybridized carbons (Fsp3) is 0.857. The van der Waals surface area contributed by atoms with Crippen molar-refractivity contribution in [2.24, 2.45) is 16.2 Å². The Morgan fingerprint density at radius 2 is 1.33 bits per heavy atom. The van der Waals surface area contributed by atoms with Crippen LogP contribution in [0, 0.1) is 28.1 Å². The Morgan fingerprint density at radius 3 is 1.60 bits per heavy atom. The van der Waals surface area contributed by atoms with Crippen molar-refractivity contribution >= 4 is 0 Å². The minimum absolute atomic E-state index is 0.107. The summed E-state index contributed by atoms with van der Waals surface area (Å²) in [4.78, 5) is 0. The van der Waals surface area contributed by atoms with E-state index in [0.29, 0.717) is 0 Å². The third-order valence-electron chi connectivity index (χ3n) is 5.12. The molecule has 1 aliphatic rings. The highest BCUT2D eigenvalue weighted by Gasteiger charge is 2.73. The summed E-state index contributed by atoms with van der Waals surface area (Å²) in [5.74, 6) is 6.68. The lowest BCUT2D eigenvalue weighted by atomic mass is 9.96. The van der Waals surface area contributed by atoms with E-state index in [1.807, 2.05) is 13.8 Å². The highest BCUT2D eigenvalue weighted by Crippen LogP contribution is 2.77. The average Bonchev–Trinajstić information content (AvgIpc) is 2.42. The van der Waals surface area contributed by atoms with Crippen LogP contribution in [0.15, 0.2) is 0 Å². The van der Waals surface area contributed by atoms with Gasteiger partial charge >= 0.3 is 0 Å². The quantitative estimate of drug-likeness (QED) is 0.599. The highest BCUT2D eigenvalue weighted by molar-refractivity contribution is 5.36. The van der Waals surface area contributed by atoms with Gasteiger partial charge in [0, 0.05) is 12.5 Å². The van der Waals surface area contributed by atoms with Crippen LogP contribution in [-0.4, -0.2) is 12.7 Å². The fourth-order valence-corrected chi connectivity index (χ4v) is 2.23.